The number of halogens is 1. The molecule has 18 heavy (non-hydrogen) atoms. The summed E-state index contributed by atoms with van der Waals surface area (Å²) in [5.41, 5.74) is 6.66. The minimum Gasteiger partial charge on any atom is -0.329 e. The van der Waals surface area contributed by atoms with E-state index in [4.69, 9.17) is 17.3 Å². The number of rotatable bonds is 5. The van der Waals surface area contributed by atoms with Gasteiger partial charge in [-0.25, -0.2) is 0 Å². The highest BCUT2D eigenvalue weighted by molar-refractivity contribution is 6.30. The van der Waals surface area contributed by atoms with E-state index >= 15 is 0 Å². The smallest absolute Gasteiger partial charge is 0.189 e. The fraction of sp³-hybridized carbons (Fsp3) is 0.250. The summed E-state index contributed by atoms with van der Waals surface area (Å²) in [6, 6.07) is 7.17. The van der Waals surface area contributed by atoms with Crippen molar-refractivity contribution in [2.75, 3.05) is 6.54 Å². The van der Waals surface area contributed by atoms with Gasteiger partial charge in [0.2, 0.25) is 0 Å². The van der Waals surface area contributed by atoms with Gasteiger partial charge < -0.3 is 5.73 Å². The average molecular weight is 265 g/mol. The lowest BCUT2D eigenvalue weighted by atomic mass is 10.1. The molecule has 0 aliphatic carbocycles. The summed E-state index contributed by atoms with van der Waals surface area (Å²) in [6.45, 7) is 1.02. The molecule has 2 rings (SSSR count). The molecule has 0 amide bonds. The third-order valence-electron chi connectivity index (χ3n) is 2.46. The van der Waals surface area contributed by atoms with Gasteiger partial charge in [0, 0.05) is 18.0 Å². The molecule has 94 valence electrons. The highest BCUT2D eigenvalue weighted by Gasteiger charge is 2.11. The Morgan fingerprint density at radius 1 is 1.33 bits per heavy atom. The number of nitrogens with two attached hydrogens (primary N) is 1. The third kappa shape index (κ3) is 3.15. The zero-order valence-electron chi connectivity index (χ0n) is 9.71. The van der Waals surface area contributed by atoms with Crippen LogP contribution in [0.3, 0.4) is 0 Å². The first-order chi connectivity index (χ1) is 8.69. The normalized spacial score (nSPS) is 10.6. The van der Waals surface area contributed by atoms with E-state index in [9.17, 15) is 4.79 Å². The Kier molecular flexibility index (Phi) is 4.07. The van der Waals surface area contributed by atoms with Gasteiger partial charge in [-0.2, -0.15) is 0 Å². The summed E-state index contributed by atoms with van der Waals surface area (Å²) in [4.78, 5) is 11.9. The molecule has 1 aromatic carbocycles. The van der Waals surface area contributed by atoms with E-state index in [1.807, 2.05) is 12.1 Å². The fourth-order valence-corrected chi connectivity index (χ4v) is 1.67. The van der Waals surface area contributed by atoms with Gasteiger partial charge in [-0.1, -0.05) is 28.9 Å². The summed E-state index contributed by atoms with van der Waals surface area (Å²) < 4.78 is 1.56. The minimum absolute atomic E-state index is 0.0689. The lowest BCUT2D eigenvalue weighted by molar-refractivity contribution is 0.0988. The van der Waals surface area contributed by atoms with Gasteiger partial charge in [0.05, 0.1) is 12.7 Å². The van der Waals surface area contributed by atoms with Gasteiger partial charge in [0.25, 0.3) is 0 Å². The summed E-state index contributed by atoms with van der Waals surface area (Å²) in [5.74, 6) is -0.0689. The molecule has 0 unspecified atom stereocenters. The lowest BCUT2D eigenvalue weighted by Crippen LogP contribution is -2.10. The highest BCUT2D eigenvalue weighted by atomic mass is 35.5. The van der Waals surface area contributed by atoms with Gasteiger partial charge in [-0.15, -0.1) is 5.10 Å². The van der Waals surface area contributed by atoms with Crippen molar-refractivity contribution in [2.45, 2.75) is 13.0 Å². The topological polar surface area (TPSA) is 73.8 Å². The van der Waals surface area contributed by atoms with Crippen molar-refractivity contribution in [3.63, 3.8) is 0 Å². The number of benzene rings is 1. The van der Waals surface area contributed by atoms with Gasteiger partial charge in [0.1, 0.15) is 5.69 Å². The quantitative estimate of drug-likeness (QED) is 0.827. The zero-order chi connectivity index (χ0) is 13.0. The van der Waals surface area contributed by atoms with E-state index in [0.29, 0.717) is 30.2 Å². The molecule has 0 saturated carbocycles. The summed E-state index contributed by atoms with van der Waals surface area (Å²) in [5, 5.41) is 8.31. The van der Waals surface area contributed by atoms with Crippen molar-refractivity contribution in [3.05, 3.63) is 46.7 Å². The van der Waals surface area contributed by atoms with Crippen molar-refractivity contribution in [3.8, 4) is 0 Å². The molecule has 6 heteroatoms. The molecule has 0 saturated heterocycles. The van der Waals surface area contributed by atoms with Crippen LogP contribution in [0.4, 0.5) is 0 Å². The molecule has 0 radical (unpaired) electrons. The summed E-state index contributed by atoms with van der Waals surface area (Å²) in [6.07, 6.45) is 1.91. The van der Waals surface area contributed by atoms with Crippen molar-refractivity contribution in [1.82, 2.24) is 15.0 Å². The van der Waals surface area contributed by atoms with Crippen LogP contribution in [-0.4, -0.2) is 27.3 Å². The van der Waals surface area contributed by atoms with Crippen LogP contribution in [0.2, 0.25) is 5.02 Å². The first kappa shape index (κ1) is 12.7. The Labute approximate surface area is 110 Å². The molecule has 0 aliphatic heterocycles. The van der Waals surface area contributed by atoms with Gasteiger partial charge >= 0.3 is 0 Å². The van der Waals surface area contributed by atoms with Crippen LogP contribution in [0.15, 0.2) is 30.5 Å². The van der Waals surface area contributed by atoms with Crippen LogP contribution in [0, 0.1) is 0 Å². The first-order valence-electron chi connectivity index (χ1n) is 5.57. The molecule has 2 N–H and O–H groups in total. The number of hydrogen-bond donors (Lipinski definition) is 1. The predicted molar refractivity (Wildman–Crippen MR) is 68.6 cm³/mol. The fourth-order valence-electron chi connectivity index (χ4n) is 1.55. The molecule has 0 aliphatic rings. The predicted octanol–water partition coefficient (Wildman–Crippen LogP) is 1.32. The highest BCUT2D eigenvalue weighted by Crippen LogP contribution is 2.11. The SMILES string of the molecule is NCCn1cc(C(=O)Cc2ccc(Cl)cc2)nn1. The van der Waals surface area contributed by atoms with Gasteiger partial charge in [-0.05, 0) is 17.7 Å². The summed E-state index contributed by atoms with van der Waals surface area (Å²) in [7, 11) is 0. The van der Waals surface area contributed by atoms with Gasteiger partial charge in [-0.3, -0.25) is 9.48 Å². The Morgan fingerprint density at radius 3 is 2.72 bits per heavy atom. The van der Waals surface area contributed by atoms with E-state index in [2.05, 4.69) is 10.3 Å². The minimum atomic E-state index is -0.0689. The van der Waals surface area contributed by atoms with Crippen LogP contribution in [-0.2, 0) is 13.0 Å². The van der Waals surface area contributed by atoms with Gasteiger partial charge in [0.15, 0.2) is 5.78 Å². The van der Waals surface area contributed by atoms with Crippen LogP contribution in [0.5, 0.6) is 0 Å². The second kappa shape index (κ2) is 5.75. The monoisotopic (exact) mass is 264 g/mol. The maximum absolute atomic E-state index is 11.9. The Bertz CT molecular complexity index is 535. The number of Topliss-reactive ketones (excluding diaryl/α,β-unsaturated/α-hetero) is 1. The summed E-state index contributed by atoms with van der Waals surface area (Å²) >= 11 is 5.78. The number of ketones is 1. The van der Waals surface area contributed by atoms with Crippen molar-refractivity contribution < 1.29 is 4.79 Å². The van der Waals surface area contributed by atoms with Crippen LogP contribution in [0.1, 0.15) is 16.1 Å². The Morgan fingerprint density at radius 2 is 2.06 bits per heavy atom. The molecule has 0 atom stereocenters. The van der Waals surface area contributed by atoms with Crippen LogP contribution >= 0.6 is 11.6 Å². The second-order valence-corrected chi connectivity index (χ2v) is 4.32. The van der Waals surface area contributed by atoms with Crippen molar-refractivity contribution in [1.29, 1.82) is 0 Å². The number of aromatic nitrogens is 3. The molecular weight excluding hydrogens is 252 g/mol. The molecule has 1 heterocycles. The lowest BCUT2D eigenvalue weighted by Gasteiger charge is -1.98. The molecule has 1 aromatic heterocycles. The first-order valence-corrected chi connectivity index (χ1v) is 5.94. The van der Waals surface area contributed by atoms with E-state index in [1.165, 1.54) is 0 Å². The van der Waals surface area contributed by atoms with Crippen LogP contribution < -0.4 is 5.73 Å². The molecular formula is C12H13ClN4O. The average Bonchev–Trinajstić information content (AvgIpc) is 2.81. The standard InChI is InChI=1S/C12H13ClN4O/c13-10-3-1-9(2-4-10)7-12(18)11-8-17(6-5-14)16-15-11/h1-4,8H,5-7,14H2. The van der Waals surface area contributed by atoms with E-state index in [1.54, 1.807) is 23.0 Å². The molecule has 0 bridgehead atoms. The molecule has 0 fully saturated rings. The van der Waals surface area contributed by atoms with E-state index in [0.717, 1.165) is 5.56 Å². The zero-order valence-corrected chi connectivity index (χ0v) is 10.5. The number of carbonyl (C=O) groups excluding carboxylic acids is 1. The molecule has 5 nitrogen and oxygen atoms in total. The maximum atomic E-state index is 11.9. The van der Waals surface area contributed by atoms with E-state index in [-0.39, 0.29) is 5.78 Å². The van der Waals surface area contributed by atoms with Crippen LogP contribution in [0.25, 0.3) is 0 Å². The van der Waals surface area contributed by atoms with Crippen molar-refractivity contribution in [2.24, 2.45) is 5.73 Å². The Hall–Kier alpha value is -1.72. The molecule has 0 spiro atoms. The third-order valence-corrected chi connectivity index (χ3v) is 2.71. The molecule has 2 aromatic rings. The number of nitrogens with zero attached hydrogens (tertiary/aromatic N) is 3. The number of hydrogen-bond acceptors (Lipinski definition) is 4. The second-order valence-electron chi connectivity index (χ2n) is 3.88. The number of carbonyl (C=O) groups is 1. The van der Waals surface area contributed by atoms with Crippen molar-refractivity contribution >= 4 is 17.4 Å². The maximum Gasteiger partial charge on any atom is 0.189 e. The largest absolute Gasteiger partial charge is 0.329 e. The van der Waals surface area contributed by atoms with E-state index < -0.39 is 0 Å². The Balaban J connectivity index is 2.04.